The van der Waals surface area contributed by atoms with Crippen LogP contribution < -0.4 is 5.32 Å². The maximum absolute atomic E-state index is 11.7. The molecule has 1 aromatic rings. The minimum Gasteiger partial charge on any atom is -0.465 e. The van der Waals surface area contributed by atoms with Gasteiger partial charge in [-0.2, -0.15) is 0 Å². The Kier molecular flexibility index (Phi) is 4.20. The lowest BCUT2D eigenvalue weighted by molar-refractivity contribution is -0.122. The van der Waals surface area contributed by atoms with Crippen LogP contribution in [0.4, 0.5) is 0 Å². The summed E-state index contributed by atoms with van der Waals surface area (Å²) in [5, 5.41) is 2.89. The van der Waals surface area contributed by atoms with E-state index in [9.17, 15) is 4.79 Å². The minimum absolute atomic E-state index is 0.103. The van der Waals surface area contributed by atoms with E-state index in [0.717, 1.165) is 37.6 Å². The third kappa shape index (κ3) is 3.89. The van der Waals surface area contributed by atoms with Gasteiger partial charge in [0.15, 0.2) is 0 Å². The molecular weight excluding hydrogens is 218 g/mol. The van der Waals surface area contributed by atoms with Crippen molar-refractivity contribution in [2.45, 2.75) is 32.7 Å². The number of nitrogens with one attached hydrogen (secondary N) is 1. The van der Waals surface area contributed by atoms with Gasteiger partial charge in [-0.15, -0.1) is 0 Å². The van der Waals surface area contributed by atoms with Crippen LogP contribution in [-0.4, -0.2) is 19.1 Å². The van der Waals surface area contributed by atoms with Crippen molar-refractivity contribution in [1.29, 1.82) is 0 Å². The molecule has 0 aliphatic carbocycles. The largest absolute Gasteiger partial charge is 0.465 e. The molecule has 2 rings (SSSR count). The van der Waals surface area contributed by atoms with Gasteiger partial charge >= 0.3 is 0 Å². The highest BCUT2D eigenvalue weighted by atomic mass is 16.5. The fraction of sp³-hybridized carbons (Fsp3) is 0.615. The van der Waals surface area contributed by atoms with E-state index in [1.165, 1.54) is 0 Å². The first kappa shape index (κ1) is 12.2. The number of hydrogen-bond acceptors (Lipinski definition) is 3. The predicted octanol–water partition coefficient (Wildman–Crippen LogP) is 2.02. The standard InChI is InChI=1S/C13H19NO3/c1-10-2-3-12(17-10)9-14-13(15)8-11-4-6-16-7-5-11/h2-3,11H,4-9H2,1H3,(H,14,15). The smallest absolute Gasteiger partial charge is 0.220 e. The Morgan fingerprint density at radius 1 is 1.41 bits per heavy atom. The van der Waals surface area contributed by atoms with Gasteiger partial charge in [-0.05, 0) is 37.8 Å². The molecule has 94 valence electrons. The van der Waals surface area contributed by atoms with Gasteiger partial charge < -0.3 is 14.5 Å². The average molecular weight is 237 g/mol. The van der Waals surface area contributed by atoms with Crippen molar-refractivity contribution >= 4 is 5.91 Å². The number of carbonyl (C=O) groups excluding carboxylic acids is 1. The number of carbonyl (C=O) groups is 1. The zero-order chi connectivity index (χ0) is 12.1. The molecule has 0 spiro atoms. The van der Waals surface area contributed by atoms with Gasteiger partial charge in [-0.1, -0.05) is 0 Å². The van der Waals surface area contributed by atoms with Crippen molar-refractivity contribution in [3.63, 3.8) is 0 Å². The van der Waals surface area contributed by atoms with E-state index < -0.39 is 0 Å². The molecule has 4 nitrogen and oxygen atoms in total. The molecule has 0 unspecified atom stereocenters. The third-order valence-electron chi connectivity index (χ3n) is 3.07. The first-order valence-corrected chi connectivity index (χ1v) is 6.14. The molecule has 0 atom stereocenters. The Bertz CT molecular complexity index is 366. The zero-order valence-electron chi connectivity index (χ0n) is 10.2. The van der Waals surface area contributed by atoms with Crippen molar-refractivity contribution in [3.05, 3.63) is 23.7 Å². The Balaban J connectivity index is 1.70. The normalized spacial score (nSPS) is 17.0. The molecule has 2 heterocycles. The summed E-state index contributed by atoms with van der Waals surface area (Å²) < 4.78 is 10.7. The Hall–Kier alpha value is -1.29. The predicted molar refractivity (Wildman–Crippen MR) is 63.5 cm³/mol. The van der Waals surface area contributed by atoms with Crippen molar-refractivity contribution in [2.24, 2.45) is 5.92 Å². The van der Waals surface area contributed by atoms with E-state index in [2.05, 4.69) is 5.32 Å². The van der Waals surface area contributed by atoms with Gasteiger partial charge in [0.1, 0.15) is 11.5 Å². The van der Waals surface area contributed by atoms with Gasteiger partial charge in [-0.3, -0.25) is 4.79 Å². The average Bonchev–Trinajstić information content (AvgIpc) is 2.74. The molecular formula is C13H19NO3. The zero-order valence-corrected chi connectivity index (χ0v) is 10.2. The Morgan fingerprint density at radius 3 is 2.82 bits per heavy atom. The van der Waals surface area contributed by atoms with Gasteiger partial charge in [0, 0.05) is 19.6 Å². The molecule has 0 radical (unpaired) electrons. The number of ether oxygens (including phenoxy) is 1. The summed E-state index contributed by atoms with van der Waals surface area (Å²) in [4.78, 5) is 11.7. The summed E-state index contributed by atoms with van der Waals surface area (Å²) in [5.74, 6) is 2.26. The number of amides is 1. The van der Waals surface area contributed by atoms with Crippen molar-refractivity contribution in [3.8, 4) is 0 Å². The molecule has 0 aromatic carbocycles. The first-order chi connectivity index (χ1) is 8.24. The van der Waals surface area contributed by atoms with Crippen LogP contribution in [-0.2, 0) is 16.1 Å². The van der Waals surface area contributed by atoms with Gasteiger partial charge in [0.05, 0.1) is 6.54 Å². The molecule has 0 saturated carbocycles. The third-order valence-corrected chi connectivity index (χ3v) is 3.07. The fourth-order valence-electron chi connectivity index (χ4n) is 2.05. The molecule has 1 amide bonds. The molecule has 1 N–H and O–H groups in total. The second-order valence-corrected chi connectivity index (χ2v) is 4.55. The molecule has 1 aromatic heterocycles. The van der Waals surface area contributed by atoms with Crippen LogP contribution in [0.2, 0.25) is 0 Å². The lowest BCUT2D eigenvalue weighted by Crippen LogP contribution is -2.27. The molecule has 4 heteroatoms. The van der Waals surface area contributed by atoms with E-state index in [1.807, 2.05) is 19.1 Å². The summed E-state index contributed by atoms with van der Waals surface area (Å²) in [6, 6.07) is 3.80. The van der Waals surface area contributed by atoms with Crippen LogP contribution in [0.5, 0.6) is 0 Å². The molecule has 1 saturated heterocycles. The molecule has 1 fully saturated rings. The summed E-state index contributed by atoms with van der Waals surface area (Å²) in [7, 11) is 0. The highest BCUT2D eigenvalue weighted by Crippen LogP contribution is 2.18. The second kappa shape index (κ2) is 5.87. The topological polar surface area (TPSA) is 51.5 Å². The van der Waals surface area contributed by atoms with E-state index in [4.69, 9.17) is 9.15 Å². The van der Waals surface area contributed by atoms with Crippen molar-refractivity contribution < 1.29 is 13.9 Å². The van der Waals surface area contributed by atoms with Gasteiger partial charge in [0.2, 0.25) is 5.91 Å². The SMILES string of the molecule is Cc1ccc(CNC(=O)CC2CCOCC2)o1. The van der Waals surface area contributed by atoms with Crippen LogP contribution in [0.15, 0.2) is 16.5 Å². The van der Waals surface area contributed by atoms with E-state index >= 15 is 0 Å². The van der Waals surface area contributed by atoms with E-state index in [0.29, 0.717) is 18.9 Å². The van der Waals surface area contributed by atoms with Crippen LogP contribution in [0.3, 0.4) is 0 Å². The van der Waals surface area contributed by atoms with Crippen LogP contribution in [0.25, 0.3) is 0 Å². The fourth-order valence-corrected chi connectivity index (χ4v) is 2.05. The van der Waals surface area contributed by atoms with Crippen molar-refractivity contribution in [1.82, 2.24) is 5.32 Å². The highest BCUT2D eigenvalue weighted by molar-refractivity contribution is 5.76. The van der Waals surface area contributed by atoms with Crippen molar-refractivity contribution in [2.75, 3.05) is 13.2 Å². The minimum atomic E-state index is 0.103. The lowest BCUT2D eigenvalue weighted by Gasteiger charge is -2.21. The Morgan fingerprint density at radius 2 is 2.18 bits per heavy atom. The summed E-state index contributed by atoms with van der Waals surface area (Å²) >= 11 is 0. The number of rotatable bonds is 4. The van der Waals surface area contributed by atoms with Gasteiger partial charge in [-0.25, -0.2) is 0 Å². The molecule has 1 aliphatic heterocycles. The van der Waals surface area contributed by atoms with Crippen LogP contribution in [0, 0.1) is 12.8 Å². The summed E-state index contributed by atoms with van der Waals surface area (Å²) in [6.45, 7) is 3.95. The molecule has 0 bridgehead atoms. The maximum atomic E-state index is 11.7. The first-order valence-electron chi connectivity index (χ1n) is 6.14. The quantitative estimate of drug-likeness (QED) is 0.871. The number of aryl methyl sites for hydroxylation is 1. The van der Waals surface area contributed by atoms with Crippen LogP contribution in [0.1, 0.15) is 30.8 Å². The maximum Gasteiger partial charge on any atom is 0.220 e. The van der Waals surface area contributed by atoms with E-state index in [-0.39, 0.29) is 5.91 Å². The second-order valence-electron chi connectivity index (χ2n) is 4.55. The monoisotopic (exact) mass is 237 g/mol. The summed E-state index contributed by atoms with van der Waals surface area (Å²) in [5.41, 5.74) is 0. The molecule has 17 heavy (non-hydrogen) atoms. The Labute approximate surface area is 101 Å². The summed E-state index contributed by atoms with van der Waals surface area (Å²) in [6.07, 6.45) is 2.59. The highest BCUT2D eigenvalue weighted by Gasteiger charge is 2.17. The number of furan rings is 1. The lowest BCUT2D eigenvalue weighted by atomic mass is 9.96. The van der Waals surface area contributed by atoms with E-state index in [1.54, 1.807) is 0 Å². The van der Waals surface area contributed by atoms with Gasteiger partial charge in [0.25, 0.3) is 0 Å². The number of hydrogen-bond donors (Lipinski definition) is 1. The molecule has 1 aliphatic rings. The van der Waals surface area contributed by atoms with Crippen LogP contribution >= 0.6 is 0 Å².